The molecule has 5 heteroatoms. The summed E-state index contributed by atoms with van der Waals surface area (Å²) in [5.41, 5.74) is 14.1. The molecule has 3 aromatic heterocycles. The minimum Gasteiger partial charge on any atom is -0.317 e. The number of nitrogens with zero attached hydrogens (tertiary/aromatic N) is 4. The van der Waals surface area contributed by atoms with E-state index in [1.165, 1.54) is 53.1 Å². The molecule has 360 valence electrons. The van der Waals surface area contributed by atoms with Crippen molar-refractivity contribution in [3.63, 3.8) is 0 Å². The van der Waals surface area contributed by atoms with Gasteiger partial charge in [0.2, 0.25) is 0 Å². The van der Waals surface area contributed by atoms with Crippen LogP contribution in [0.2, 0.25) is 0 Å². The van der Waals surface area contributed by atoms with Gasteiger partial charge in [-0.25, -0.2) is 0 Å². The number of anilines is 6. The molecule has 0 N–H and O–H groups in total. The second kappa shape index (κ2) is 23.5. The van der Waals surface area contributed by atoms with Crippen molar-refractivity contribution in [1.82, 2.24) is 9.13 Å². The summed E-state index contributed by atoms with van der Waals surface area (Å²) in [5.74, 6) is 0. The number of aromatic nitrogens is 2. The first-order valence-corrected chi connectivity index (χ1v) is 26.1. The molecule has 12 aromatic rings. The molecule has 0 bridgehead atoms. The Bertz CT molecular complexity index is 3720. The van der Waals surface area contributed by atoms with Crippen LogP contribution in [0.3, 0.4) is 0 Å². The minimum absolute atomic E-state index is 1.10. The van der Waals surface area contributed by atoms with E-state index in [9.17, 15) is 0 Å². The average Bonchev–Trinajstić information content (AvgIpc) is 4.19. The summed E-state index contributed by atoms with van der Waals surface area (Å²) in [6.07, 6.45) is 9.38. The van der Waals surface area contributed by atoms with Crippen LogP contribution in [0, 0.1) is 6.92 Å². The topological polar surface area (TPSA) is 16.3 Å². The Kier molecular flexibility index (Phi) is 15.9. The van der Waals surface area contributed by atoms with Crippen LogP contribution >= 0.6 is 11.3 Å². The van der Waals surface area contributed by atoms with Crippen LogP contribution in [-0.2, 0) is 0 Å². The van der Waals surface area contributed by atoms with Gasteiger partial charge in [-0.3, -0.25) is 0 Å². The largest absolute Gasteiger partial charge is 0.317 e. The smallest absolute Gasteiger partial charge is 0.0529 e. The number of allylic oxidation sites excluding steroid dienone is 3. The molecule has 12 rings (SSSR count). The zero-order valence-corrected chi connectivity index (χ0v) is 43.3. The van der Waals surface area contributed by atoms with E-state index in [2.05, 4.69) is 276 Å². The van der Waals surface area contributed by atoms with Crippen molar-refractivity contribution in [2.45, 2.75) is 41.0 Å². The van der Waals surface area contributed by atoms with Crippen molar-refractivity contribution in [3.05, 3.63) is 279 Å². The van der Waals surface area contributed by atoms with Gasteiger partial charge in [0.1, 0.15) is 0 Å². The van der Waals surface area contributed by atoms with Crippen molar-refractivity contribution < 1.29 is 0 Å². The summed E-state index contributed by atoms with van der Waals surface area (Å²) in [5, 5.41) is 4.91. The summed E-state index contributed by atoms with van der Waals surface area (Å²) in [6.45, 7) is 13.9. The van der Waals surface area contributed by atoms with Gasteiger partial charge in [-0.1, -0.05) is 160 Å². The van der Waals surface area contributed by atoms with Crippen LogP contribution in [0.1, 0.15) is 39.7 Å². The third-order valence-electron chi connectivity index (χ3n) is 12.9. The van der Waals surface area contributed by atoms with Gasteiger partial charge in [0.15, 0.2) is 0 Å². The minimum atomic E-state index is 1.10. The number of thiophene rings is 1. The lowest BCUT2D eigenvalue weighted by molar-refractivity contribution is 1.13. The highest BCUT2D eigenvalue weighted by molar-refractivity contribution is 7.25. The molecular weight excluding hydrogens is 905 g/mol. The molecule has 0 radical (unpaired) electrons. The Hall–Kier alpha value is -8.64. The molecule has 3 heterocycles. The maximum atomic E-state index is 3.63. The second-order valence-corrected chi connectivity index (χ2v) is 18.5. The predicted octanol–water partition coefficient (Wildman–Crippen LogP) is 20.4. The van der Waals surface area contributed by atoms with Gasteiger partial charge in [0.05, 0.1) is 11.0 Å². The molecule has 73 heavy (non-hydrogen) atoms. The summed E-state index contributed by atoms with van der Waals surface area (Å²) in [4.78, 5) is 4.74. The van der Waals surface area contributed by atoms with Gasteiger partial charge in [0, 0.05) is 88.8 Å². The van der Waals surface area contributed by atoms with Gasteiger partial charge in [-0.05, 0) is 148 Å². The van der Waals surface area contributed by atoms with Gasteiger partial charge in [0.25, 0.3) is 0 Å². The first-order valence-electron chi connectivity index (χ1n) is 25.3. The molecular formula is C68H62N4S. The lowest BCUT2D eigenvalue weighted by Gasteiger charge is -2.26. The Balaban J connectivity index is 0.000000356. The molecule has 9 aromatic carbocycles. The molecule has 4 nitrogen and oxygen atoms in total. The number of para-hydroxylation sites is 4. The van der Waals surface area contributed by atoms with Crippen molar-refractivity contribution in [2.75, 3.05) is 9.80 Å². The standard InChI is InChI=1S/C52H36N4S.C7H8.C7H12.C2H6/c1-5-13-39(14-6-1)53-31-29-37-33-43(22-26-49(37)53)55(41-17-9-3-10-18-41)45-24-28-51-48(35-45)47-25-21-46(36-52(47)57-51)56(42-19-11-4-12-20-42)44-23-27-50-38(34-44)30-32-54(50)40-15-7-2-8-16-40;1-7-5-3-2-4-6-7;1-4-7(5-2)6-3;1-2/h1-36H;2-6H,1H3;4-5H,1,6H2,2-3H3;1-2H3/b;;7-5-;. The Labute approximate surface area is 435 Å². The van der Waals surface area contributed by atoms with E-state index >= 15 is 0 Å². The molecule has 0 fully saturated rings. The third kappa shape index (κ3) is 11.0. The highest BCUT2D eigenvalue weighted by Gasteiger charge is 2.19. The lowest BCUT2D eigenvalue weighted by atomic mass is 10.1. The molecule has 0 atom stereocenters. The Morgan fingerprint density at radius 3 is 1.30 bits per heavy atom. The molecule has 0 unspecified atom stereocenters. The SMILES string of the molecule is C=C/C(=C/C)CC.CC.Cc1ccccc1.c1ccc(N(c2ccc3c(ccn3-c3ccccc3)c2)c2ccc3c(c2)sc2ccc(N(c4ccccc4)c4ccc5c(ccn5-c5ccccc5)c4)cc23)cc1. The zero-order valence-electron chi connectivity index (χ0n) is 42.4. The summed E-state index contributed by atoms with van der Waals surface area (Å²) >= 11 is 1.85. The molecule has 0 aliphatic carbocycles. The molecule has 0 aliphatic rings. The molecule has 0 spiro atoms. The van der Waals surface area contributed by atoms with Gasteiger partial charge >= 0.3 is 0 Å². The fraction of sp³-hybridized carbons (Fsp3) is 0.0882. The van der Waals surface area contributed by atoms with Crippen molar-refractivity contribution in [3.8, 4) is 11.4 Å². The van der Waals surface area contributed by atoms with E-state index < -0.39 is 0 Å². The van der Waals surface area contributed by atoms with Gasteiger partial charge in [-0.2, -0.15) is 0 Å². The van der Waals surface area contributed by atoms with E-state index in [0.29, 0.717) is 0 Å². The van der Waals surface area contributed by atoms with E-state index in [0.717, 1.165) is 51.9 Å². The van der Waals surface area contributed by atoms with E-state index in [1.807, 2.05) is 56.4 Å². The van der Waals surface area contributed by atoms with Crippen LogP contribution in [0.5, 0.6) is 0 Å². The summed E-state index contributed by atoms with van der Waals surface area (Å²) < 4.78 is 7.03. The predicted molar refractivity (Wildman–Crippen MR) is 319 cm³/mol. The maximum Gasteiger partial charge on any atom is 0.0529 e. The fourth-order valence-corrected chi connectivity index (χ4v) is 10.4. The number of benzene rings is 9. The molecule has 0 saturated carbocycles. The summed E-state index contributed by atoms with van der Waals surface area (Å²) in [7, 11) is 0. The summed E-state index contributed by atoms with van der Waals surface area (Å²) in [6, 6.07) is 84.5. The quantitative estimate of drug-likeness (QED) is 0.127. The Morgan fingerprint density at radius 1 is 0.452 bits per heavy atom. The van der Waals surface area contributed by atoms with Crippen LogP contribution < -0.4 is 9.80 Å². The first kappa shape index (κ1) is 49.3. The van der Waals surface area contributed by atoms with Crippen LogP contribution in [0.15, 0.2) is 273 Å². The van der Waals surface area contributed by atoms with E-state index in [4.69, 9.17) is 0 Å². The molecule has 0 saturated heterocycles. The van der Waals surface area contributed by atoms with Crippen LogP contribution in [0.4, 0.5) is 34.1 Å². The number of hydrogen-bond acceptors (Lipinski definition) is 3. The van der Waals surface area contributed by atoms with E-state index in [-0.39, 0.29) is 0 Å². The number of hydrogen-bond donors (Lipinski definition) is 0. The number of rotatable bonds is 10. The zero-order chi connectivity index (χ0) is 50.5. The lowest BCUT2D eigenvalue weighted by Crippen LogP contribution is -2.09. The molecule has 0 amide bonds. The van der Waals surface area contributed by atoms with Crippen molar-refractivity contribution in [2.24, 2.45) is 0 Å². The number of aryl methyl sites for hydroxylation is 1. The monoisotopic (exact) mass is 966 g/mol. The highest BCUT2D eigenvalue weighted by Crippen LogP contribution is 2.44. The van der Waals surface area contributed by atoms with E-state index in [1.54, 1.807) is 0 Å². The number of fused-ring (bicyclic) bond motifs is 5. The normalized spacial score (nSPS) is 11.0. The van der Waals surface area contributed by atoms with Gasteiger partial charge < -0.3 is 18.9 Å². The van der Waals surface area contributed by atoms with Crippen molar-refractivity contribution in [1.29, 1.82) is 0 Å². The van der Waals surface area contributed by atoms with Crippen LogP contribution in [0.25, 0.3) is 53.4 Å². The third-order valence-corrected chi connectivity index (χ3v) is 14.0. The van der Waals surface area contributed by atoms with Crippen LogP contribution in [-0.4, -0.2) is 9.13 Å². The first-order chi connectivity index (χ1) is 36.0. The fourth-order valence-electron chi connectivity index (χ4n) is 9.25. The Morgan fingerprint density at radius 2 is 0.877 bits per heavy atom. The average molecular weight is 967 g/mol. The molecule has 0 aliphatic heterocycles. The van der Waals surface area contributed by atoms with Gasteiger partial charge in [-0.15, -0.1) is 11.3 Å². The van der Waals surface area contributed by atoms with Crippen molar-refractivity contribution >= 4 is 87.4 Å². The second-order valence-electron chi connectivity index (χ2n) is 17.4. The highest BCUT2D eigenvalue weighted by atomic mass is 32.1. The maximum absolute atomic E-state index is 3.63.